The third-order valence-corrected chi connectivity index (χ3v) is 2.64. The van der Waals surface area contributed by atoms with Gasteiger partial charge in [0.05, 0.1) is 12.7 Å². The summed E-state index contributed by atoms with van der Waals surface area (Å²) < 4.78 is 5.57. The lowest BCUT2D eigenvalue weighted by Crippen LogP contribution is -2.14. The summed E-state index contributed by atoms with van der Waals surface area (Å²) in [5.41, 5.74) is 2.59. The Morgan fingerprint density at radius 2 is 1.76 bits per heavy atom. The largest absolute Gasteiger partial charge is 0.374 e. The van der Waals surface area contributed by atoms with E-state index in [0.29, 0.717) is 12.7 Å². The maximum absolute atomic E-state index is 5.57. The number of benzene rings is 1. The minimum absolute atomic E-state index is 0.297. The van der Waals surface area contributed by atoms with Crippen LogP contribution in [0.5, 0.6) is 0 Å². The summed E-state index contributed by atoms with van der Waals surface area (Å²) in [6, 6.07) is 8.66. The highest BCUT2D eigenvalue weighted by Gasteiger charge is 1.97. The number of hydrogen-bond donors (Lipinski definition) is 1. The Balaban J connectivity index is 2.29. The van der Waals surface area contributed by atoms with E-state index in [9.17, 15) is 0 Å². The lowest BCUT2D eigenvalue weighted by molar-refractivity contribution is 0.0657. The first-order valence-electron chi connectivity index (χ1n) is 6.62. The molecule has 0 aliphatic rings. The van der Waals surface area contributed by atoms with Gasteiger partial charge in [-0.15, -0.1) is 0 Å². The number of ether oxygens (including phenoxy) is 1. The van der Waals surface area contributed by atoms with E-state index >= 15 is 0 Å². The van der Waals surface area contributed by atoms with E-state index in [2.05, 4.69) is 50.4 Å². The zero-order chi connectivity index (χ0) is 12.5. The van der Waals surface area contributed by atoms with Gasteiger partial charge in [-0.25, -0.2) is 0 Å². The van der Waals surface area contributed by atoms with Gasteiger partial charge in [-0.05, 0) is 37.9 Å². The molecule has 0 unspecified atom stereocenters. The monoisotopic (exact) mass is 235 g/mol. The van der Waals surface area contributed by atoms with Gasteiger partial charge >= 0.3 is 0 Å². The molecule has 2 heteroatoms. The molecule has 0 saturated carbocycles. The highest BCUT2D eigenvalue weighted by molar-refractivity contribution is 5.21. The maximum Gasteiger partial charge on any atom is 0.0720 e. The van der Waals surface area contributed by atoms with E-state index < -0.39 is 0 Å². The van der Waals surface area contributed by atoms with Gasteiger partial charge in [-0.3, -0.25) is 0 Å². The molecule has 0 bridgehead atoms. The number of nitrogens with one attached hydrogen (secondary N) is 1. The van der Waals surface area contributed by atoms with E-state index in [1.54, 1.807) is 0 Å². The second kappa shape index (κ2) is 8.26. The molecule has 2 nitrogen and oxygen atoms in total. The van der Waals surface area contributed by atoms with Crippen LogP contribution in [0.15, 0.2) is 24.3 Å². The molecule has 0 radical (unpaired) electrons. The van der Waals surface area contributed by atoms with Gasteiger partial charge in [0.1, 0.15) is 0 Å². The van der Waals surface area contributed by atoms with Gasteiger partial charge in [0.25, 0.3) is 0 Å². The van der Waals surface area contributed by atoms with Crippen LogP contribution < -0.4 is 5.32 Å². The summed E-state index contributed by atoms with van der Waals surface area (Å²) in [7, 11) is 0. The Kier molecular flexibility index (Phi) is 6.90. The summed E-state index contributed by atoms with van der Waals surface area (Å²) in [6.45, 7) is 9.12. The SMILES string of the molecule is CCCCNCc1ccc(COC(C)C)cc1. The molecule has 0 heterocycles. The molecular formula is C15H25NO. The molecule has 1 aromatic rings. The van der Waals surface area contributed by atoms with E-state index in [1.807, 2.05) is 0 Å². The standard InChI is InChI=1S/C15H25NO/c1-4-5-10-16-11-14-6-8-15(9-7-14)12-17-13(2)3/h6-9,13,16H,4-5,10-12H2,1-3H3. The lowest BCUT2D eigenvalue weighted by Gasteiger charge is -2.08. The number of unbranched alkanes of at least 4 members (excludes halogenated alkanes) is 1. The summed E-state index contributed by atoms with van der Waals surface area (Å²) in [4.78, 5) is 0. The first-order valence-corrected chi connectivity index (χ1v) is 6.62. The topological polar surface area (TPSA) is 21.3 Å². The molecule has 0 fully saturated rings. The molecule has 1 rings (SSSR count). The van der Waals surface area contributed by atoms with Crippen molar-refractivity contribution in [3.63, 3.8) is 0 Å². The fourth-order valence-electron chi connectivity index (χ4n) is 1.55. The van der Waals surface area contributed by atoms with Crippen LogP contribution in [0.25, 0.3) is 0 Å². The Morgan fingerprint density at radius 3 is 2.35 bits per heavy atom. The van der Waals surface area contributed by atoms with Crippen molar-refractivity contribution in [2.75, 3.05) is 6.54 Å². The second-order valence-electron chi connectivity index (χ2n) is 4.71. The van der Waals surface area contributed by atoms with E-state index in [0.717, 1.165) is 13.1 Å². The van der Waals surface area contributed by atoms with E-state index in [-0.39, 0.29) is 0 Å². The molecule has 0 aliphatic carbocycles. The highest BCUT2D eigenvalue weighted by atomic mass is 16.5. The molecule has 0 aromatic heterocycles. The predicted molar refractivity (Wildman–Crippen MR) is 73.0 cm³/mol. The minimum Gasteiger partial charge on any atom is -0.374 e. The quantitative estimate of drug-likeness (QED) is 0.696. The van der Waals surface area contributed by atoms with Crippen molar-refractivity contribution in [3.8, 4) is 0 Å². The van der Waals surface area contributed by atoms with Gasteiger partial charge in [0, 0.05) is 6.54 Å². The van der Waals surface area contributed by atoms with Gasteiger partial charge < -0.3 is 10.1 Å². The molecule has 0 atom stereocenters. The van der Waals surface area contributed by atoms with Crippen LogP contribution in [0.1, 0.15) is 44.7 Å². The van der Waals surface area contributed by atoms with Crippen molar-refractivity contribution in [2.45, 2.75) is 52.9 Å². The van der Waals surface area contributed by atoms with Crippen LogP contribution in [0, 0.1) is 0 Å². The average molecular weight is 235 g/mol. The van der Waals surface area contributed by atoms with Crippen molar-refractivity contribution in [2.24, 2.45) is 0 Å². The molecule has 17 heavy (non-hydrogen) atoms. The number of rotatable bonds is 8. The number of hydrogen-bond acceptors (Lipinski definition) is 2. The summed E-state index contributed by atoms with van der Waals surface area (Å²) >= 11 is 0. The molecule has 0 aliphatic heterocycles. The second-order valence-corrected chi connectivity index (χ2v) is 4.71. The molecule has 96 valence electrons. The van der Waals surface area contributed by atoms with Crippen LogP contribution >= 0.6 is 0 Å². The summed E-state index contributed by atoms with van der Waals surface area (Å²) in [5, 5.41) is 3.44. The van der Waals surface area contributed by atoms with E-state index in [4.69, 9.17) is 4.74 Å². The predicted octanol–water partition coefficient (Wildman–Crippen LogP) is 3.50. The van der Waals surface area contributed by atoms with Gasteiger partial charge in [0.2, 0.25) is 0 Å². The Hall–Kier alpha value is -0.860. The summed E-state index contributed by atoms with van der Waals surface area (Å²) in [5.74, 6) is 0. The van der Waals surface area contributed by atoms with Crippen LogP contribution in [0.4, 0.5) is 0 Å². The summed E-state index contributed by atoms with van der Waals surface area (Å²) in [6.07, 6.45) is 2.80. The van der Waals surface area contributed by atoms with E-state index in [1.165, 1.54) is 24.0 Å². The molecular weight excluding hydrogens is 210 g/mol. The zero-order valence-electron chi connectivity index (χ0n) is 11.3. The zero-order valence-corrected chi connectivity index (χ0v) is 11.3. The van der Waals surface area contributed by atoms with Crippen LogP contribution in [0.2, 0.25) is 0 Å². The maximum atomic E-state index is 5.57. The Bertz CT molecular complexity index is 292. The van der Waals surface area contributed by atoms with Crippen molar-refractivity contribution in [1.82, 2.24) is 5.32 Å². The molecule has 1 aromatic carbocycles. The fourth-order valence-corrected chi connectivity index (χ4v) is 1.55. The molecule has 0 spiro atoms. The third-order valence-electron chi connectivity index (χ3n) is 2.64. The van der Waals surface area contributed by atoms with Crippen LogP contribution in [-0.2, 0) is 17.9 Å². The fraction of sp³-hybridized carbons (Fsp3) is 0.600. The van der Waals surface area contributed by atoms with Crippen molar-refractivity contribution in [1.29, 1.82) is 0 Å². The highest BCUT2D eigenvalue weighted by Crippen LogP contribution is 2.07. The molecule has 0 saturated heterocycles. The van der Waals surface area contributed by atoms with Gasteiger partial charge in [-0.1, -0.05) is 37.6 Å². The first kappa shape index (κ1) is 14.2. The molecule has 1 N–H and O–H groups in total. The average Bonchev–Trinajstić information content (AvgIpc) is 2.33. The van der Waals surface area contributed by atoms with Crippen LogP contribution in [0.3, 0.4) is 0 Å². The van der Waals surface area contributed by atoms with Crippen molar-refractivity contribution < 1.29 is 4.74 Å². The first-order chi connectivity index (χ1) is 8.22. The Labute approximate surface area is 105 Å². The lowest BCUT2D eigenvalue weighted by atomic mass is 10.1. The van der Waals surface area contributed by atoms with Gasteiger partial charge in [0.15, 0.2) is 0 Å². The minimum atomic E-state index is 0.297. The van der Waals surface area contributed by atoms with Crippen LogP contribution in [-0.4, -0.2) is 12.6 Å². The normalized spacial score (nSPS) is 11.1. The van der Waals surface area contributed by atoms with Crippen molar-refractivity contribution in [3.05, 3.63) is 35.4 Å². The molecule has 0 amide bonds. The van der Waals surface area contributed by atoms with Gasteiger partial charge in [-0.2, -0.15) is 0 Å². The Morgan fingerprint density at radius 1 is 1.12 bits per heavy atom. The smallest absolute Gasteiger partial charge is 0.0720 e. The van der Waals surface area contributed by atoms with Crippen molar-refractivity contribution >= 4 is 0 Å². The third kappa shape index (κ3) is 6.44.